The fourth-order valence-corrected chi connectivity index (χ4v) is 2.72. The van der Waals surface area contributed by atoms with E-state index < -0.39 is 5.60 Å². The summed E-state index contributed by atoms with van der Waals surface area (Å²) in [6.07, 6.45) is 1.80. The van der Waals surface area contributed by atoms with E-state index in [1.807, 2.05) is 25.8 Å². The number of carbonyl (C=O) groups excluding carboxylic acids is 1. The first kappa shape index (κ1) is 15.5. The van der Waals surface area contributed by atoms with Crippen LogP contribution >= 0.6 is 0 Å². The van der Waals surface area contributed by atoms with Crippen LogP contribution in [-0.2, 0) is 9.47 Å². The van der Waals surface area contributed by atoms with Gasteiger partial charge in [-0.05, 0) is 33.6 Å². The first-order chi connectivity index (χ1) is 9.44. The van der Waals surface area contributed by atoms with E-state index in [1.54, 1.807) is 0 Å². The summed E-state index contributed by atoms with van der Waals surface area (Å²) >= 11 is 0. The lowest BCUT2D eigenvalue weighted by atomic mass is 10.0. The average Bonchev–Trinajstić information content (AvgIpc) is 2.38. The molecule has 0 atom stereocenters. The van der Waals surface area contributed by atoms with Gasteiger partial charge in [0.1, 0.15) is 5.60 Å². The van der Waals surface area contributed by atoms with Crippen molar-refractivity contribution >= 4 is 6.09 Å². The number of hydrogen-bond donors (Lipinski definition) is 1. The van der Waals surface area contributed by atoms with E-state index in [9.17, 15) is 4.79 Å². The smallest absolute Gasteiger partial charge is 0.422 e. The predicted molar refractivity (Wildman–Crippen MR) is 76.4 cm³/mol. The van der Waals surface area contributed by atoms with Gasteiger partial charge in [0.15, 0.2) is 0 Å². The molecule has 2 rings (SSSR count). The summed E-state index contributed by atoms with van der Waals surface area (Å²) in [6.45, 7) is 11.1. The molecule has 0 aromatic heterocycles. The molecule has 0 radical (unpaired) electrons. The van der Waals surface area contributed by atoms with Gasteiger partial charge in [0.25, 0.3) is 0 Å². The molecule has 0 saturated carbocycles. The zero-order valence-electron chi connectivity index (χ0n) is 12.9. The summed E-state index contributed by atoms with van der Waals surface area (Å²) in [5, 5.41) is 1.96. The van der Waals surface area contributed by atoms with Crippen molar-refractivity contribution in [1.29, 1.82) is 0 Å². The van der Waals surface area contributed by atoms with E-state index in [0.29, 0.717) is 6.04 Å². The van der Waals surface area contributed by atoms with Crippen molar-refractivity contribution in [2.24, 2.45) is 0 Å². The molecule has 116 valence electrons. The molecule has 0 aromatic carbocycles. The van der Waals surface area contributed by atoms with Gasteiger partial charge < -0.3 is 9.47 Å². The van der Waals surface area contributed by atoms with E-state index in [0.717, 1.165) is 52.2 Å². The average molecular weight is 285 g/mol. The van der Waals surface area contributed by atoms with Crippen molar-refractivity contribution < 1.29 is 14.3 Å². The van der Waals surface area contributed by atoms with Crippen molar-refractivity contribution in [2.75, 3.05) is 39.4 Å². The normalized spacial score (nSPS) is 23.6. The van der Waals surface area contributed by atoms with Gasteiger partial charge in [-0.2, -0.15) is 0 Å². The number of piperidine rings is 1. The number of ether oxygens (including phenoxy) is 2. The van der Waals surface area contributed by atoms with Crippen LogP contribution in [0.3, 0.4) is 0 Å². The highest BCUT2D eigenvalue weighted by molar-refractivity contribution is 5.67. The standard InChI is InChI=1S/C14H27N3O3/c1-14(2,3)20-13(18)15-17-6-4-12(5-7-17)16-8-10-19-11-9-16/h12H,4-11H2,1-3H3,(H,15,18). The summed E-state index contributed by atoms with van der Waals surface area (Å²) in [6, 6.07) is 0.621. The first-order valence-electron chi connectivity index (χ1n) is 7.50. The van der Waals surface area contributed by atoms with Crippen molar-refractivity contribution in [3.05, 3.63) is 0 Å². The van der Waals surface area contributed by atoms with Gasteiger partial charge in [-0.15, -0.1) is 0 Å². The third kappa shape index (κ3) is 4.92. The molecule has 0 bridgehead atoms. The molecule has 0 spiro atoms. The molecular formula is C14H27N3O3. The highest BCUT2D eigenvalue weighted by Crippen LogP contribution is 2.17. The van der Waals surface area contributed by atoms with Crippen LogP contribution in [-0.4, -0.2) is 67.0 Å². The van der Waals surface area contributed by atoms with E-state index in [-0.39, 0.29) is 6.09 Å². The van der Waals surface area contributed by atoms with Crippen LogP contribution in [0, 0.1) is 0 Å². The van der Waals surface area contributed by atoms with Gasteiger partial charge in [-0.1, -0.05) is 0 Å². The Balaban J connectivity index is 1.70. The number of hydrazine groups is 1. The molecule has 0 aliphatic carbocycles. The highest BCUT2D eigenvalue weighted by Gasteiger charge is 2.27. The Morgan fingerprint density at radius 1 is 1.15 bits per heavy atom. The fourth-order valence-electron chi connectivity index (χ4n) is 2.72. The molecule has 0 unspecified atom stereocenters. The second kappa shape index (κ2) is 6.74. The molecule has 20 heavy (non-hydrogen) atoms. The molecule has 6 heteroatoms. The Morgan fingerprint density at radius 2 is 1.75 bits per heavy atom. The second-order valence-electron chi connectivity index (χ2n) is 6.48. The van der Waals surface area contributed by atoms with Crippen LogP contribution < -0.4 is 5.43 Å². The summed E-state index contributed by atoms with van der Waals surface area (Å²) in [7, 11) is 0. The maximum atomic E-state index is 11.7. The van der Waals surface area contributed by atoms with Gasteiger partial charge in [0, 0.05) is 32.2 Å². The molecule has 2 heterocycles. The predicted octanol–water partition coefficient (Wildman–Crippen LogP) is 1.22. The van der Waals surface area contributed by atoms with Crippen molar-refractivity contribution in [2.45, 2.75) is 45.3 Å². The number of carbonyl (C=O) groups is 1. The number of hydrogen-bond acceptors (Lipinski definition) is 5. The van der Waals surface area contributed by atoms with Crippen LogP contribution in [0.15, 0.2) is 0 Å². The molecule has 2 aliphatic rings. The second-order valence-corrected chi connectivity index (χ2v) is 6.48. The van der Waals surface area contributed by atoms with Crippen LogP contribution in [0.5, 0.6) is 0 Å². The fraction of sp³-hybridized carbons (Fsp3) is 0.929. The van der Waals surface area contributed by atoms with Crippen molar-refractivity contribution in [3.63, 3.8) is 0 Å². The molecule has 2 aliphatic heterocycles. The minimum absolute atomic E-state index is 0.359. The van der Waals surface area contributed by atoms with Gasteiger partial charge in [0.2, 0.25) is 0 Å². The number of amides is 1. The number of nitrogens with one attached hydrogen (secondary N) is 1. The SMILES string of the molecule is CC(C)(C)OC(=O)NN1CCC(N2CCOCC2)CC1. The molecule has 1 amide bonds. The van der Waals surface area contributed by atoms with Crippen LogP contribution in [0.4, 0.5) is 4.79 Å². The van der Waals surface area contributed by atoms with E-state index in [4.69, 9.17) is 9.47 Å². The lowest BCUT2D eigenvalue weighted by Crippen LogP contribution is -2.53. The zero-order chi connectivity index (χ0) is 14.6. The third-order valence-corrected chi connectivity index (χ3v) is 3.67. The van der Waals surface area contributed by atoms with Gasteiger partial charge in [0.05, 0.1) is 13.2 Å². The summed E-state index contributed by atoms with van der Waals surface area (Å²) in [5.41, 5.74) is 2.38. The lowest BCUT2D eigenvalue weighted by molar-refractivity contribution is -0.00912. The highest BCUT2D eigenvalue weighted by atomic mass is 16.6. The maximum Gasteiger partial charge on any atom is 0.422 e. The summed E-state index contributed by atoms with van der Waals surface area (Å²) in [4.78, 5) is 14.2. The topological polar surface area (TPSA) is 54.0 Å². The zero-order valence-corrected chi connectivity index (χ0v) is 12.9. The van der Waals surface area contributed by atoms with Gasteiger partial charge >= 0.3 is 6.09 Å². The van der Waals surface area contributed by atoms with Crippen LogP contribution in [0.1, 0.15) is 33.6 Å². The molecule has 2 saturated heterocycles. The summed E-state index contributed by atoms with van der Waals surface area (Å²) < 4.78 is 10.7. The Morgan fingerprint density at radius 3 is 2.30 bits per heavy atom. The minimum Gasteiger partial charge on any atom is -0.443 e. The van der Waals surface area contributed by atoms with Crippen molar-refractivity contribution in [3.8, 4) is 0 Å². The molecule has 0 aromatic rings. The molecule has 6 nitrogen and oxygen atoms in total. The van der Waals surface area contributed by atoms with Crippen molar-refractivity contribution in [1.82, 2.24) is 15.3 Å². The maximum absolute atomic E-state index is 11.7. The Hall–Kier alpha value is -0.850. The third-order valence-electron chi connectivity index (χ3n) is 3.67. The number of nitrogens with zero attached hydrogens (tertiary/aromatic N) is 2. The Labute approximate surface area is 121 Å². The van der Waals surface area contributed by atoms with E-state index in [1.165, 1.54) is 0 Å². The van der Waals surface area contributed by atoms with E-state index >= 15 is 0 Å². The van der Waals surface area contributed by atoms with Gasteiger partial charge in [-0.3, -0.25) is 10.3 Å². The molecule has 1 N–H and O–H groups in total. The van der Waals surface area contributed by atoms with E-state index in [2.05, 4.69) is 10.3 Å². The quantitative estimate of drug-likeness (QED) is 0.827. The number of rotatable bonds is 2. The summed E-state index contributed by atoms with van der Waals surface area (Å²) in [5.74, 6) is 0. The largest absolute Gasteiger partial charge is 0.443 e. The molecule has 2 fully saturated rings. The van der Waals surface area contributed by atoms with Gasteiger partial charge in [-0.25, -0.2) is 9.80 Å². The lowest BCUT2D eigenvalue weighted by Gasteiger charge is -2.40. The Kier molecular flexibility index (Phi) is 5.23. The van der Waals surface area contributed by atoms with Crippen LogP contribution in [0.25, 0.3) is 0 Å². The minimum atomic E-state index is -0.448. The molecular weight excluding hydrogens is 258 g/mol. The Bertz CT molecular complexity index is 316. The number of morpholine rings is 1. The monoisotopic (exact) mass is 285 g/mol. The first-order valence-corrected chi connectivity index (χ1v) is 7.50. The van der Waals surface area contributed by atoms with Crippen LogP contribution in [0.2, 0.25) is 0 Å².